The number of carbonyl (C=O) groups is 1. The lowest BCUT2D eigenvalue weighted by atomic mass is 9.95. The smallest absolute Gasteiger partial charge is 0.325 e. The molecule has 2 aliphatic rings. The number of ether oxygens (including phenoxy) is 1. The zero-order valence-electron chi connectivity index (χ0n) is 13.3. The highest BCUT2D eigenvalue weighted by atomic mass is 16.5. The first-order valence-electron chi connectivity index (χ1n) is 8.16. The van der Waals surface area contributed by atoms with Crippen LogP contribution < -0.4 is 5.32 Å². The first-order chi connectivity index (χ1) is 9.57. The molecule has 0 aromatic carbocycles. The van der Waals surface area contributed by atoms with Gasteiger partial charge >= 0.3 is 5.97 Å². The van der Waals surface area contributed by atoms with Crippen molar-refractivity contribution in [3.05, 3.63) is 0 Å². The molecule has 1 N–H and O–H groups in total. The van der Waals surface area contributed by atoms with Crippen LogP contribution in [-0.4, -0.2) is 49.2 Å². The summed E-state index contributed by atoms with van der Waals surface area (Å²) in [4.78, 5) is 14.6. The summed E-state index contributed by atoms with van der Waals surface area (Å²) in [6, 6.07) is 0.521. The molecular formula is C16H30N2O2. The molecule has 0 aromatic heterocycles. The van der Waals surface area contributed by atoms with Crippen molar-refractivity contribution in [1.29, 1.82) is 0 Å². The topological polar surface area (TPSA) is 41.6 Å². The van der Waals surface area contributed by atoms with Gasteiger partial charge < -0.3 is 9.64 Å². The van der Waals surface area contributed by atoms with Crippen LogP contribution >= 0.6 is 0 Å². The first kappa shape index (κ1) is 15.8. The van der Waals surface area contributed by atoms with Gasteiger partial charge in [-0.3, -0.25) is 10.1 Å². The average molecular weight is 282 g/mol. The molecule has 116 valence electrons. The molecule has 4 nitrogen and oxygen atoms in total. The molecule has 2 rings (SSSR count). The van der Waals surface area contributed by atoms with E-state index in [-0.39, 0.29) is 5.97 Å². The highest BCUT2D eigenvalue weighted by Gasteiger charge is 2.39. The molecule has 4 heteroatoms. The Morgan fingerprint density at radius 1 is 1.35 bits per heavy atom. The van der Waals surface area contributed by atoms with E-state index in [1.54, 1.807) is 0 Å². The predicted octanol–water partition coefficient (Wildman–Crippen LogP) is 2.18. The normalized spacial score (nSPS) is 21.8. The maximum Gasteiger partial charge on any atom is 0.325 e. The summed E-state index contributed by atoms with van der Waals surface area (Å²) < 4.78 is 4.99. The van der Waals surface area contributed by atoms with Gasteiger partial charge in [0.1, 0.15) is 5.54 Å². The van der Waals surface area contributed by atoms with Crippen molar-refractivity contribution in [1.82, 2.24) is 10.2 Å². The minimum Gasteiger partial charge on any atom is -0.468 e. The molecule has 2 fully saturated rings. The van der Waals surface area contributed by atoms with E-state index in [0.717, 1.165) is 31.8 Å². The number of hydrogen-bond donors (Lipinski definition) is 1. The summed E-state index contributed by atoms with van der Waals surface area (Å²) in [6.07, 6.45) is 7.09. The molecule has 2 saturated carbocycles. The zero-order valence-corrected chi connectivity index (χ0v) is 13.3. The second-order valence-corrected chi connectivity index (χ2v) is 6.68. The predicted molar refractivity (Wildman–Crippen MR) is 80.7 cm³/mol. The molecule has 20 heavy (non-hydrogen) atoms. The van der Waals surface area contributed by atoms with Crippen molar-refractivity contribution < 1.29 is 9.53 Å². The summed E-state index contributed by atoms with van der Waals surface area (Å²) in [5.41, 5.74) is -0.505. The van der Waals surface area contributed by atoms with Crippen LogP contribution in [0.15, 0.2) is 0 Å². The van der Waals surface area contributed by atoms with Gasteiger partial charge in [0.15, 0.2) is 0 Å². The van der Waals surface area contributed by atoms with Gasteiger partial charge in [0.05, 0.1) is 7.11 Å². The fourth-order valence-corrected chi connectivity index (χ4v) is 2.84. The Bertz CT molecular complexity index is 326. The molecule has 0 saturated heterocycles. The van der Waals surface area contributed by atoms with Crippen molar-refractivity contribution in [2.75, 3.05) is 26.7 Å². The minimum absolute atomic E-state index is 0.116. The van der Waals surface area contributed by atoms with Crippen molar-refractivity contribution in [2.24, 2.45) is 5.92 Å². The maximum atomic E-state index is 12.0. The van der Waals surface area contributed by atoms with E-state index in [1.165, 1.54) is 39.3 Å². The largest absolute Gasteiger partial charge is 0.468 e. The van der Waals surface area contributed by atoms with Crippen LogP contribution in [0.25, 0.3) is 0 Å². The molecule has 0 heterocycles. The van der Waals surface area contributed by atoms with Crippen molar-refractivity contribution >= 4 is 5.97 Å². The lowest BCUT2D eigenvalue weighted by Crippen LogP contribution is -2.51. The van der Waals surface area contributed by atoms with Gasteiger partial charge in [-0.25, -0.2) is 0 Å². The van der Waals surface area contributed by atoms with Crippen LogP contribution in [0.5, 0.6) is 0 Å². The molecule has 2 aliphatic carbocycles. The van der Waals surface area contributed by atoms with Crippen LogP contribution in [0.1, 0.15) is 52.4 Å². The van der Waals surface area contributed by atoms with Crippen LogP contribution in [0.3, 0.4) is 0 Å². The molecule has 1 unspecified atom stereocenters. The number of methoxy groups -OCH3 is 1. The number of nitrogens with one attached hydrogen (secondary N) is 1. The first-order valence-corrected chi connectivity index (χ1v) is 8.16. The molecule has 1 atom stereocenters. The Kier molecular flexibility index (Phi) is 5.44. The maximum absolute atomic E-state index is 12.0. The fraction of sp³-hybridized carbons (Fsp3) is 0.938. The molecular weight excluding hydrogens is 252 g/mol. The minimum atomic E-state index is -0.505. The van der Waals surface area contributed by atoms with Crippen LogP contribution in [0, 0.1) is 5.92 Å². The van der Waals surface area contributed by atoms with Crippen molar-refractivity contribution in [3.8, 4) is 0 Å². The number of carbonyl (C=O) groups excluding carboxylic acids is 1. The van der Waals surface area contributed by atoms with Gasteiger partial charge in [0.2, 0.25) is 0 Å². The molecule has 0 bridgehead atoms. The molecule has 0 amide bonds. The number of hydrogen-bond acceptors (Lipinski definition) is 4. The van der Waals surface area contributed by atoms with E-state index in [1.807, 2.05) is 6.92 Å². The lowest BCUT2D eigenvalue weighted by molar-refractivity contribution is -0.148. The van der Waals surface area contributed by atoms with Gasteiger partial charge in [-0.2, -0.15) is 0 Å². The summed E-state index contributed by atoms with van der Waals surface area (Å²) in [5.74, 6) is 0.821. The van der Waals surface area contributed by atoms with Gasteiger partial charge in [0, 0.05) is 12.6 Å². The standard InChI is InChI=1S/C16H30N2O2/c1-4-18(12-13-6-7-13)11-5-10-16(2,15(19)20-3)17-14-8-9-14/h13-14,17H,4-12H2,1-3H3. The number of nitrogens with zero attached hydrogens (tertiary/aromatic N) is 1. The second-order valence-electron chi connectivity index (χ2n) is 6.68. The monoisotopic (exact) mass is 282 g/mol. The third-order valence-corrected chi connectivity index (χ3v) is 4.55. The Morgan fingerprint density at radius 2 is 2.05 bits per heavy atom. The van der Waals surface area contributed by atoms with E-state index in [0.29, 0.717) is 6.04 Å². The van der Waals surface area contributed by atoms with E-state index in [2.05, 4.69) is 17.1 Å². The Hall–Kier alpha value is -0.610. The average Bonchev–Trinajstić information content (AvgIpc) is 3.32. The fourth-order valence-electron chi connectivity index (χ4n) is 2.84. The van der Waals surface area contributed by atoms with E-state index < -0.39 is 5.54 Å². The van der Waals surface area contributed by atoms with Crippen LogP contribution in [-0.2, 0) is 9.53 Å². The van der Waals surface area contributed by atoms with Gasteiger partial charge in [-0.1, -0.05) is 6.92 Å². The highest BCUT2D eigenvalue weighted by molar-refractivity contribution is 5.80. The second kappa shape index (κ2) is 6.90. The molecule has 0 radical (unpaired) electrons. The molecule has 0 aromatic rings. The number of rotatable bonds is 10. The van der Waals surface area contributed by atoms with Crippen LogP contribution in [0.2, 0.25) is 0 Å². The Labute approximate surface area is 123 Å². The van der Waals surface area contributed by atoms with Crippen LogP contribution in [0.4, 0.5) is 0 Å². The molecule has 0 aliphatic heterocycles. The van der Waals surface area contributed by atoms with Gasteiger partial charge in [-0.05, 0) is 64.5 Å². The van der Waals surface area contributed by atoms with Gasteiger partial charge in [0.25, 0.3) is 0 Å². The zero-order chi connectivity index (χ0) is 14.6. The van der Waals surface area contributed by atoms with Crippen molar-refractivity contribution in [2.45, 2.75) is 64.0 Å². The quantitative estimate of drug-likeness (QED) is 0.624. The van der Waals surface area contributed by atoms with Crippen molar-refractivity contribution in [3.63, 3.8) is 0 Å². The Balaban J connectivity index is 1.76. The number of esters is 1. The Morgan fingerprint density at radius 3 is 2.55 bits per heavy atom. The van der Waals surface area contributed by atoms with E-state index in [9.17, 15) is 4.79 Å². The van der Waals surface area contributed by atoms with Gasteiger partial charge in [-0.15, -0.1) is 0 Å². The molecule has 0 spiro atoms. The van der Waals surface area contributed by atoms with E-state index in [4.69, 9.17) is 4.74 Å². The summed E-state index contributed by atoms with van der Waals surface area (Å²) >= 11 is 0. The third kappa shape index (κ3) is 4.74. The lowest BCUT2D eigenvalue weighted by Gasteiger charge is -2.29. The third-order valence-electron chi connectivity index (χ3n) is 4.55. The SMILES string of the molecule is CCN(CCCC(C)(NC1CC1)C(=O)OC)CC1CC1. The summed E-state index contributed by atoms with van der Waals surface area (Å²) in [5, 5.41) is 3.47. The summed E-state index contributed by atoms with van der Waals surface area (Å²) in [6.45, 7) is 7.66. The highest BCUT2D eigenvalue weighted by Crippen LogP contribution is 2.30. The van der Waals surface area contributed by atoms with E-state index >= 15 is 0 Å². The summed E-state index contributed by atoms with van der Waals surface area (Å²) in [7, 11) is 1.49.